The van der Waals surface area contributed by atoms with Crippen LogP contribution in [0.1, 0.15) is 10.4 Å². The van der Waals surface area contributed by atoms with Crippen molar-refractivity contribution in [3.8, 4) is 0 Å². The van der Waals surface area contributed by atoms with Gasteiger partial charge in [-0.1, -0.05) is 0 Å². The van der Waals surface area contributed by atoms with Crippen LogP contribution in [0, 0.1) is 0 Å². The van der Waals surface area contributed by atoms with Crippen LogP contribution in [0.2, 0.25) is 0 Å². The van der Waals surface area contributed by atoms with Gasteiger partial charge in [0, 0.05) is 6.07 Å². The summed E-state index contributed by atoms with van der Waals surface area (Å²) >= 11 is 0.885. The average Bonchev–Trinajstić information content (AvgIpc) is 2.30. The standard InChI is InChI=1S/C10H9N5O3S/c11-4-1-5(9(17)18)8(13-3-4)19-10-14-6(12)2-7(16)15-10/h1-3H,11H2,(H,17,18)(H3,12,14,15,16). The number of carboxylic acid groups (broad SMARTS) is 1. The molecule has 0 spiro atoms. The Bertz CT molecular complexity index is 700. The van der Waals surface area contributed by atoms with Gasteiger partial charge >= 0.3 is 5.97 Å². The largest absolute Gasteiger partial charge is 0.478 e. The maximum atomic E-state index is 11.2. The molecule has 6 N–H and O–H groups in total. The van der Waals surface area contributed by atoms with Crippen molar-refractivity contribution >= 4 is 29.2 Å². The zero-order chi connectivity index (χ0) is 14.0. The van der Waals surface area contributed by atoms with Crippen molar-refractivity contribution < 1.29 is 9.90 Å². The van der Waals surface area contributed by atoms with Crippen molar-refractivity contribution in [2.75, 3.05) is 11.5 Å². The molecule has 0 bridgehead atoms. The van der Waals surface area contributed by atoms with Crippen LogP contribution < -0.4 is 17.0 Å². The van der Waals surface area contributed by atoms with Gasteiger partial charge in [-0.2, -0.15) is 0 Å². The van der Waals surface area contributed by atoms with Gasteiger partial charge < -0.3 is 21.6 Å². The van der Waals surface area contributed by atoms with E-state index in [1.807, 2.05) is 0 Å². The van der Waals surface area contributed by atoms with Gasteiger partial charge in [0.2, 0.25) is 0 Å². The van der Waals surface area contributed by atoms with Gasteiger partial charge in [0.15, 0.2) is 5.16 Å². The molecular formula is C10H9N5O3S. The van der Waals surface area contributed by atoms with Crippen molar-refractivity contribution in [3.05, 3.63) is 34.2 Å². The Labute approximate surface area is 110 Å². The first-order valence-corrected chi connectivity index (χ1v) is 5.81. The van der Waals surface area contributed by atoms with Crippen LogP contribution in [0.3, 0.4) is 0 Å². The third-order valence-corrected chi connectivity index (χ3v) is 2.94. The third-order valence-electron chi connectivity index (χ3n) is 2.04. The van der Waals surface area contributed by atoms with E-state index < -0.39 is 11.5 Å². The van der Waals surface area contributed by atoms with Crippen molar-refractivity contribution in [3.63, 3.8) is 0 Å². The summed E-state index contributed by atoms with van der Waals surface area (Å²) in [4.78, 5) is 32.5. The molecule has 0 aromatic carbocycles. The molecule has 0 unspecified atom stereocenters. The summed E-state index contributed by atoms with van der Waals surface area (Å²) in [7, 11) is 0. The normalized spacial score (nSPS) is 10.3. The van der Waals surface area contributed by atoms with Gasteiger partial charge in [0.25, 0.3) is 5.56 Å². The summed E-state index contributed by atoms with van der Waals surface area (Å²) in [5, 5.41) is 9.37. The number of anilines is 2. The first-order valence-electron chi connectivity index (χ1n) is 4.99. The molecule has 19 heavy (non-hydrogen) atoms. The Balaban J connectivity index is 2.43. The van der Waals surface area contributed by atoms with Crippen molar-refractivity contribution in [1.82, 2.24) is 15.0 Å². The highest BCUT2D eigenvalue weighted by molar-refractivity contribution is 7.99. The molecule has 0 atom stereocenters. The van der Waals surface area contributed by atoms with Gasteiger partial charge in [-0.3, -0.25) is 4.79 Å². The second kappa shape index (κ2) is 4.98. The Morgan fingerprint density at radius 1 is 1.37 bits per heavy atom. The summed E-state index contributed by atoms with van der Waals surface area (Å²) in [6.45, 7) is 0. The van der Waals surface area contributed by atoms with Gasteiger partial charge in [-0.25, -0.2) is 14.8 Å². The molecule has 9 heteroatoms. The molecule has 0 radical (unpaired) electrons. The minimum absolute atomic E-state index is 0.0403. The van der Waals surface area contributed by atoms with E-state index in [-0.39, 0.29) is 27.3 Å². The number of hydrogen-bond donors (Lipinski definition) is 4. The summed E-state index contributed by atoms with van der Waals surface area (Å²) in [6.07, 6.45) is 1.32. The monoisotopic (exact) mass is 279 g/mol. The number of nitrogens with zero attached hydrogens (tertiary/aromatic N) is 2. The Hall–Kier alpha value is -2.55. The van der Waals surface area contributed by atoms with E-state index >= 15 is 0 Å². The lowest BCUT2D eigenvalue weighted by Gasteiger charge is -2.05. The van der Waals surface area contributed by atoms with Crippen LogP contribution in [0.15, 0.2) is 33.3 Å². The smallest absolute Gasteiger partial charge is 0.338 e. The van der Waals surface area contributed by atoms with Gasteiger partial charge in [-0.15, -0.1) is 0 Å². The maximum absolute atomic E-state index is 11.2. The third kappa shape index (κ3) is 3.01. The second-order valence-corrected chi connectivity index (χ2v) is 4.48. The minimum Gasteiger partial charge on any atom is -0.478 e. The number of pyridine rings is 1. The molecule has 2 heterocycles. The Kier molecular flexibility index (Phi) is 3.38. The highest BCUT2D eigenvalue weighted by atomic mass is 32.2. The zero-order valence-electron chi connectivity index (χ0n) is 9.45. The van der Waals surface area contributed by atoms with Gasteiger partial charge in [-0.05, 0) is 17.8 Å². The average molecular weight is 279 g/mol. The maximum Gasteiger partial charge on any atom is 0.338 e. The number of carbonyl (C=O) groups is 1. The van der Waals surface area contributed by atoms with E-state index in [4.69, 9.17) is 16.6 Å². The van der Waals surface area contributed by atoms with Crippen molar-refractivity contribution in [1.29, 1.82) is 0 Å². The molecule has 0 fully saturated rings. The summed E-state index contributed by atoms with van der Waals surface area (Å²) < 4.78 is 0. The van der Waals surface area contributed by atoms with E-state index in [9.17, 15) is 9.59 Å². The van der Waals surface area contributed by atoms with Gasteiger partial charge in [0.1, 0.15) is 10.8 Å². The van der Waals surface area contributed by atoms with Crippen LogP contribution in [0.5, 0.6) is 0 Å². The van der Waals surface area contributed by atoms with Crippen molar-refractivity contribution in [2.24, 2.45) is 0 Å². The molecular weight excluding hydrogens is 270 g/mol. The summed E-state index contributed by atoms with van der Waals surface area (Å²) in [5.41, 5.74) is 10.6. The number of aromatic carboxylic acids is 1. The molecule has 0 saturated carbocycles. The fraction of sp³-hybridized carbons (Fsp3) is 0. The number of aromatic amines is 1. The number of nitrogens with two attached hydrogens (primary N) is 2. The zero-order valence-corrected chi connectivity index (χ0v) is 10.3. The highest BCUT2D eigenvalue weighted by Gasteiger charge is 2.14. The molecule has 0 aliphatic carbocycles. The highest BCUT2D eigenvalue weighted by Crippen LogP contribution is 2.26. The lowest BCUT2D eigenvalue weighted by molar-refractivity contribution is 0.0692. The summed E-state index contributed by atoms with van der Waals surface area (Å²) in [6, 6.07) is 2.40. The predicted molar refractivity (Wildman–Crippen MR) is 69.0 cm³/mol. The van der Waals surface area contributed by atoms with E-state index in [1.54, 1.807) is 0 Å². The van der Waals surface area contributed by atoms with Crippen LogP contribution in [0.4, 0.5) is 11.5 Å². The molecule has 2 rings (SSSR count). The topological polar surface area (TPSA) is 148 Å². The Morgan fingerprint density at radius 3 is 2.74 bits per heavy atom. The van der Waals surface area contributed by atoms with Crippen LogP contribution >= 0.6 is 11.8 Å². The summed E-state index contributed by atoms with van der Waals surface area (Å²) in [5.74, 6) is -1.13. The van der Waals surface area contributed by atoms with Gasteiger partial charge in [0.05, 0.1) is 17.4 Å². The van der Waals surface area contributed by atoms with E-state index in [2.05, 4.69) is 15.0 Å². The number of hydrogen-bond acceptors (Lipinski definition) is 7. The van der Waals surface area contributed by atoms with Crippen molar-refractivity contribution in [2.45, 2.75) is 10.2 Å². The molecule has 0 aliphatic heterocycles. The number of H-pyrrole nitrogens is 1. The van der Waals surface area contributed by atoms with E-state index in [1.165, 1.54) is 12.3 Å². The van der Waals surface area contributed by atoms with Crippen LogP contribution in [-0.4, -0.2) is 26.0 Å². The molecule has 98 valence electrons. The number of nitrogen functional groups attached to an aromatic ring is 2. The Morgan fingerprint density at radius 2 is 2.11 bits per heavy atom. The molecule has 0 saturated heterocycles. The van der Waals surface area contributed by atoms with Crippen LogP contribution in [-0.2, 0) is 0 Å². The van der Waals surface area contributed by atoms with Crippen LogP contribution in [0.25, 0.3) is 0 Å². The quantitative estimate of drug-likeness (QED) is 0.581. The molecule has 8 nitrogen and oxygen atoms in total. The van der Waals surface area contributed by atoms with E-state index in [0.717, 1.165) is 17.8 Å². The number of rotatable bonds is 3. The molecule has 2 aromatic heterocycles. The first-order chi connectivity index (χ1) is 8.95. The lowest BCUT2D eigenvalue weighted by atomic mass is 10.3. The van der Waals surface area contributed by atoms with E-state index in [0.29, 0.717) is 0 Å². The second-order valence-electron chi connectivity index (χ2n) is 3.50. The molecule has 0 aliphatic rings. The fourth-order valence-corrected chi connectivity index (χ4v) is 2.14. The number of carboxylic acids is 1. The fourth-order valence-electron chi connectivity index (χ4n) is 1.30. The SMILES string of the molecule is Nc1cnc(Sc2nc(N)cc(=O)[nH]2)c(C(=O)O)c1. The number of aromatic nitrogens is 3. The first kappa shape index (κ1) is 12.9. The lowest BCUT2D eigenvalue weighted by Crippen LogP contribution is -2.10. The minimum atomic E-state index is -1.17. The molecule has 2 aromatic rings. The predicted octanol–water partition coefficient (Wildman–Crippen LogP) is 0.179. The molecule has 0 amide bonds. The number of nitrogens with one attached hydrogen (secondary N) is 1.